The van der Waals surface area contributed by atoms with Crippen molar-refractivity contribution in [1.82, 2.24) is 0 Å². The highest BCUT2D eigenvalue weighted by Crippen LogP contribution is 2.25. The number of nitrogens with one attached hydrogen (secondary N) is 1. The highest BCUT2D eigenvalue weighted by Gasteiger charge is 2.17. The van der Waals surface area contributed by atoms with E-state index in [4.69, 9.17) is 14.2 Å². The normalized spacial score (nSPS) is 14.6. The van der Waals surface area contributed by atoms with Gasteiger partial charge in [0.1, 0.15) is 17.9 Å². The first kappa shape index (κ1) is 19.8. The second-order valence-corrected chi connectivity index (χ2v) is 6.85. The second kappa shape index (κ2) is 9.83. The first-order valence-corrected chi connectivity index (χ1v) is 9.60. The van der Waals surface area contributed by atoms with Crippen molar-refractivity contribution in [3.05, 3.63) is 65.9 Å². The molecule has 0 radical (unpaired) electrons. The SMILES string of the molecule is CO/C=C(/C(=O)OC)c1ccccc1COc1ccc(NC2CCCC2)cc1. The van der Waals surface area contributed by atoms with E-state index in [1.54, 1.807) is 0 Å². The van der Waals surface area contributed by atoms with Gasteiger partial charge in [-0.3, -0.25) is 0 Å². The van der Waals surface area contributed by atoms with Crippen LogP contribution in [-0.4, -0.2) is 26.2 Å². The Morgan fingerprint density at radius 1 is 1.07 bits per heavy atom. The van der Waals surface area contributed by atoms with E-state index in [2.05, 4.69) is 5.32 Å². The molecule has 1 N–H and O–H groups in total. The van der Waals surface area contributed by atoms with Gasteiger partial charge in [-0.25, -0.2) is 4.79 Å². The molecule has 1 aliphatic carbocycles. The first-order chi connectivity index (χ1) is 13.7. The number of ether oxygens (including phenoxy) is 3. The number of anilines is 1. The second-order valence-electron chi connectivity index (χ2n) is 6.85. The highest BCUT2D eigenvalue weighted by atomic mass is 16.5. The summed E-state index contributed by atoms with van der Waals surface area (Å²) in [4.78, 5) is 12.1. The molecule has 5 nitrogen and oxygen atoms in total. The zero-order valence-electron chi connectivity index (χ0n) is 16.4. The molecule has 0 spiro atoms. The number of rotatable bonds is 8. The summed E-state index contributed by atoms with van der Waals surface area (Å²) < 4.78 is 15.9. The predicted octanol–water partition coefficient (Wildman–Crippen LogP) is 4.78. The van der Waals surface area contributed by atoms with Crippen LogP contribution in [0.3, 0.4) is 0 Å². The van der Waals surface area contributed by atoms with Crippen molar-refractivity contribution in [1.29, 1.82) is 0 Å². The van der Waals surface area contributed by atoms with Gasteiger partial charge < -0.3 is 19.5 Å². The summed E-state index contributed by atoms with van der Waals surface area (Å²) in [6.07, 6.45) is 6.50. The van der Waals surface area contributed by atoms with Crippen molar-refractivity contribution in [2.75, 3.05) is 19.5 Å². The molecule has 148 valence electrons. The Labute approximate surface area is 166 Å². The van der Waals surface area contributed by atoms with Gasteiger partial charge in [0.2, 0.25) is 0 Å². The fraction of sp³-hybridized carbons (Fsp3) is 0.348. The molecule has 28 heavy (non-hydrogen) atoms. The third-order valence-corrected chi connectivity index (χ3v) is 4.92. The summed E-state index contributed by atoms with van der Waals surface area (Å²) in [5.74, 6) is 0.332. The summed E-state index contributed by atoms with van der Waals surface area (Å²) >= 11 is 0. The van der Waals surface area contributed by atoms with Gasteiger partial charge in [-0.05, 0) is 48.2 Å². The number of hydrogen-bond donors (Lipinski definition) is 1. The summed E-state index contributed by atoms with van der Waals surface area (Å²) in [5.41, 5.74) is 3.09. The topological polar surface area (TPSA) is 56.8 Å². The molecule has 0 aromatic heterocycles. The largest absolute Gasteiger partial charge is 0.503 e. The van der Waals surface area contributed by atoms with Crippen LogP contribution in [0.1, 0.15) is 36.8 Å². The van der Waals surface area contributed by atoms with Crippen LogP contribution in [0.5, 0.6) is 5.75 Å². The van der Waals surface area contributed by atoms with Gasteiger partial charge in [0.15, 0.2) is 0 Å². The smallest absolute Gasteiger partial charge is 0.341 e. The molecule has 0 bridgehead atoms. The third-order valence-electron chi connectivity index (χ3n) is 4.92. The number of esters is 1. The first-order valence-electron chi connectivity index (χ1n) is 9.60. The van der Waals surface area contributed by atoms with E-state index in [1.807, 2.05) is 48.5 Å². The van der Waals surface area contributed by atoms with Crippen LogP contribution in [0, 0.1) is 0 Å². The summed E-state index contributed by atoms with van der Waals surface area (Å²) in [5, 5.41) is 3.57. The van der Waals surface area contributed by atoms with Crippen LogP contribution >= 0.6 is 0 Å². The average Bonchev–Trinajstić information content (AvgIpc) is 3.24. The third kappa shape index (κ3) is 5.06. The lowest BCUT2D eigenvalue weighted by atomic mass is 10.0. The van der Waals surface area contributed by atoms with E-state index in [0.29, 0.717) is 18.2 Å². The molecule has 0 atom stereocenters. The predicted molar refractivity (Wildman–Crippen MR) is 110 cm³/mol. The highest BCUT2D eigenvalue weighted by molar-refractivity contribution is 6.16. The molecule has 1 aliphatic rings. The molecule has 0 saturated heterocycles. The minimum absolute atomic E-state index is 0.337. The van der Waals surface area contributed by atoms with Gasteiger partial charge in [0.05, 0.1) is 20.5 Å². The fourth-order valence-corrected chi connectivity index (χ4v) is 3.47. The maximum absolute atomic E-state index is 12.1. The fourth-order valence-electron chi connectivity index (χ4n) is 3.47. The van der Waals surface area contributed by atoms with Crippen LogP contribution in [0.25, 0.3) is 5.57 Å². The van der Waals surface area contributed by atoms with E-state index in [-0.39, 0.29) is 0 Å². The van der Waals surface area contributed by atoms with Gasteiger partial charge in [0.25, 0.3) is 0 Å². The van der Waals surface area contributed by atoms with Gasteiger partial charge in [0, 0.05) is 11.7 Å². The summed E-state index contributed by atoms with van der Waals surface area (Å²) in [6.45, 7) is 0.337. The number of methoxy groups -OCH3 is 2. The molecule has 0 amide bonds. The Morgan fingerprint density at radius 3 is 2.46 bits per heavy atom. The number of benzene rings is 2. The molecule has 0 unspecified atom stereocenters. The van der Waals surface area contributed by atoms with E-state index >= 15 is 0 Å². The Kier molecular flexibility index (Phi) is 6.95. The van der Waals surface area contributed by atoms with Gasteiger partial charge in [-0.2, -0.15) is 0 Å². The monoisotopic (exact) mass is 381 g/mol. The van der Waals surface area contributed by atoms with Crippen LogP contribution < -0.4 is 10.1 Å². The number of hydrogen-bond acceptors (Lipinski definition) is 5. The molecule has 0 aliphatic heterocycles. The van der Waals surface area contributed by atoms with Crippen molar-refractivity contribution >= 4 is 17.2 Å². The van der Waals surface area contributed by atoms with Crippen LogP contribution in [-0.2, 0) is 20.9 Å². The molecule has 2 aromatic rings. The van der Waals surface area contributed by atoms with E-state index < -0.39 is 5.97 Å². The van der Waals surface area contributed by atoms with E-state index in [0.717, 1.165) is 22.6 Å². The minimum Gasteiger partial charge on any atom is -0.503 e. The molecular formula is C23H27NO4. The van der Waals surface area contributed by atoms with Crippen molar-refractivity contribution in [3.63, 3.8) is 0 Å². The minimum atomic E-state index is -0.448. The molecule has 0 heterocycles. The molecule has 5 heteroatoms. The lowest BCUT2D eigenvalue weighted by molar-refractivity contribution is -0.133. The van der Waals surface area contributed by atoms with E-state index in [1.165, 1.54) is 46.2 Å². The molecule has 2 aromatic carbocycles. The summed E-state index contributed by atoms with van der Waals surface area (Å²) in [7, 11) is 2.86. The Balaban J connectivity index is 1.67. The van der Waals surface area contributed by atoms with Crippen molar-refractivity contribution in [2.45, 2.75) is 38.3 Å². The number of carbonyl (C=O) groups excluding carboxylic acids is 1. The number of carbonyl (C=O) groups is 1. The summed E-state index contributed by atoms with van der Waals surface area (Å²) in [6, 6.07) is 16.2. The van der Waals surface area contributed by atoms with Crippen molar-refractivity contribution < 1.29 is 19.0 Å². The van der Waals surface area contributed by atoms with Gasteiger partial charge >= 0.3 is 5.97 Å². The van der Waals surface area contributed by atoms with Gasteiger partial charge in [-0.15, -0.1) is 0 Å². The molecule has 1 fully saturated rings. The van der Waals surface area contributed by atoms with Crippen molar-refractivity contribution in [2.24, 2.45) is 0 Å². The quantitative estimate of drug-likeness (QED) is 0.405. The lowest BCUT2D eigenvalue weighted by Crippen LogP contribution is -2.14. The zero-order chi connectivity index (χ0) is 19.8. The Morgan fingerprint density at radius 2 is 1.79 bits per heavy atom. The molecular weight excluding hydrogens is 354 g/mol. The van der Waals surface area contributed by atoms with Crippen LogP contribution in [0.2, 0.25) is 0 Å². The average molecular weight is 381 g/mol. The molecule has 3 rings (SSSR count). The standard InChI is InChI=1S/C23H27NO4/c1-26-16-22(23(25)27-2)21-10-6-3-7-17(21)15-28-20-13-11-19(12-14-20)24-18-8-4-5-9-18/h3,6-7,10-14,16,18,24H,4-5,8-9,15H2,1-2H3/b22-16+. The maximum atomic E-state index is 12.1. The Hall–Kier alpha value is -2.95. The molecule has 1 saturated carbocycles. The van der Waals surface area contributed by atoms with Crippen LogP contribution in [0.4, 0.5) is 5.69 Å². The zero-order valence-corrected chi connectivity index (χ0v) is 16.4. The van der Waals surface area contributed by atoms with Gasteiger partial charge in [-0.1, -0.05) is 37.1 Å². The van der Waals surface area contributed by atoms with Crippen molar-refractivity contribution in [3.8, 4) is 5.75 Å². The van der Waals surface area contributed by atoms with Crippen LogP contribution in [0.15, 0.2) is 54.8 Å². The lowest BCUT2D eigenvalue weighted by Gasteiger charge is -2.15. The maximum Gasteiger partial charge on any atom is 0.341 e. The Bertz CT molecular complexity index is 808. The van der Waals surface area contributed by atoms with E-state index in [9.17, 15) is 4.79 Å².